The van der Waals surface area contributed by atoms with Gasteiger partial charge in [0.05, 0.1) is 10.6 Å². The van der Waals surface area contributed by atoms with Crippen LogP contribution in [0.4, 0.5) is 4.39 Å². The van der Waals surface area contributed by atoms with Gasteiger partial charge in [-0.2, -0.15) is 0 Å². The molecule has 2 heterocycles. The van der Waals surface area contributed by atoms with Crippen molar-refractivity contribution in [1.82, 2.24) is 9.97 Å². The van der Waals surface area contributed by atoms with Crippen LogP contribution >= 0.6 is 23.4 Å². The van der Waals surface area contributed by atoms with Crippen molar-refractivity contribution in [3.8, 4) is 22.7 Å². The van der Waals surface area contributed by atoms with Crippen LogP contribution in [0.15, 0.2) is 81.4 Å². The van der Waals surface area contributed by atoms with Crippen LogP contribution in [0.3, 0.4) is 0 Å². The van der Waals surface area contributed by atoms with Crippen LogP contribution in [0.5, 0.6) is 0 Å². The van der Waals surface area contributed by atoms with Crippen molar-refractivity contribution in [2.75, 3.05) is 0 Å². The zero-order valence-electron chi connectivity index (χ0n) is 16.3. The topological polar surface area (TPSA) is 59.2 Å². The first-order chi connectivity index (χ1) is 14.3. The summed E-state index contributed by atoms with van der Waals surface area (Å²) in [6, 6.07) is 17.0. The van der Waals surface area contributed by atoms with Crippen molar-refractivity contribution in [3.05, 3.63) is 83.3 Å². The van der Waals surface area contributed by atoms with Crippen molar-refractivity contribution in [3.63, 3.8) is 0 Å². The van der Waals surface area contributed by atoms with E-state index in [9.17, 15) is 9.50 Å². The third-order valence-corrected chi connectivity index (χ3v) is 5.59. The Morgan fingerprint density at radius 1 is 0.967 bits per heavy atom. The first-order valence-corrected chi connectivity index (χ1v) is 10.4. The Hall–Kier alpha value is -2.67. The van der Waals surface area contributed by atoms with Crippen molar-refractivity contribution < 1.29 is 13.9 Å². The highest BCUT2D eigenvalue weighted by Gasteiger charge is 2.20. The molecule has 0 fully saturated rings. The van der Waals surface area contributed by atoms with E-state index in [1.54, 1.807) is 44.3 Å². The van der Waals surface area contributed by atoms with Crippen LogP contribution in [-0.2, 0) is 5.60 Å². The molecule has 4 aromatic rings. The van der Waals surface area contributed by atoms with E-state index in [2.05, 4.69) is 9.97 Å². The van der Waals surface area contributed by atoms with Crippen molar-refractivity contribution in [1.29, 1.82) is 0 Å². The Morgan fingerprint density at radius 3 is 2.23 bits per heavy atom. The van der Waals surface area contributed by atoms with Gasteiger partial charge in [-0.25, -0.2) is 14.4 Å². The summed E-state index contributed by atoms with van der Waals surface area (Å²) in [4.78, 5) is 8.97. The monoisotopic (exact) mass is 440 g/mol. The number of hydrogen-bond donors (Lipinski definition) is 1. The lowest BCUT2D eigenvalue weighted by Gasteiger charge is -2.17. The second kappa shape index (κ2) is 8.22. The van der Waals surface area contributed by atoms with Gasteiger partial charge in [-0.3, -0.25) is 0 Å². The Labute approximate surface area is 182 Å². The average Bonchev–Trinajstić information content (AvgIpc) is 3.13. The fourth-order valence-corrected chi connectivity index (χ4v) is 3.75. The molecular weight excluding hydrogens is 423 g/mol. The second-order valence-corrected chi connectivity index (χ2v) is 8.64. The average molecular weight is 441 g/mol. The molecule has 0 aliphatic heterocycles. The second-order valence-electron chi connectivity index (χ2n) is 7.22. The molecule has 0 saturated carbocycles. The van der Waals surface area contributed by atoms with E-state index in [0.717, 1.165) is 11.1 Å². The van der Waals surface area contributed by atoms with Gasteiger partial charge in [0.15, 0.2) is 5.09 Å². The first-order valence-electron chi connectivity index (χ1n) is 9.19. The lowest BCUT2D eigenvalue weighted by molar-refractivity contribution is 0.0786. The number of benzene rings is 2. The number of nitrogens with zero attached hydrogens (tertiary/aromatic N) is 2. The smallest absolute Gasteiger partial charge is 0.228 e. The number of halogens is 2. The highest BCUT2D eigenvalue weighted by molar-refractivity contribution is 7.99. The molecule has 0 unspecified atom stereocenters. The van der Waals surface area contributed by atoms with E-state index in [1.165, 1.54) is 23.9 Å². The molecule has 0 aliphatic rings. The molecule has 4 nitrogen and oxygen atoms in total. The molecule has 0 amide bonds. The van der Waals surface area contributed by atoms with Gasteiger partial charge in [0.2, 0.25) is 5.89 Å². The molecular formula is C23H18ClFN2O2S. The maximum absolute atomic E-state index is 13.3. The predicted octanol–water partition coefficient (Wildman–Crippen LogP) is 6.57. The summed E-state index contributed by atoms with van der Waals surface area (Å²) < 4.78 is 19.3. The maximum Gasteiger partial charge on any atom is 0.228 e. The normalized spacial score (nSPS) is 11.6. The molecule has 0 bridgehead atoms. The SMILES string of the molecule is CC(C)(O)c1ccc(-c2nc(-c3ccc(F)cc3)oc2Sc2ccc(Cl)cn2)cc1. The van der Waals surface area contributed by atoms with Crippen molar-refractivity contribution >= 4 is 23.4 Å². The van der Waals surface area contributed by atoms with Crippen molar-refractivity contribution in [2.45, 2.75) is 29.6 Å². The van der Waals surface area contributed by atoms with Gasteiger partial charge < -0.3 is 9.52 Å². The maximum atomic E-state index is 13.3. The van der Waals surface area contributed by atoms with Gasteiger partial charge in [-0.05, 0) is 67.6 Å². The van der Waals surface area contributed by atoms with E-state index < -0.39 is 5.60 Å². The number of aliphatic hydroxyl groups is 1. The zero-order chi connectivity index (χ0) is 21.3. The molecule has 0 atom stereocenters. The fourth-order valence-electron chi connectivity index (χ4n) is 2.83. The summed E-state index contributed by atoms with van der Waals surface area (Å²) in [7, 11) is 0. The number of aromatic nitrogens is 2. The van der Waals surface area contributed by atoms with E-state index in [0.29, 0.717) is 32.3 Å². The Balaban J connectivity index is 1.76. The number of rotatable bonds is 5. The minimum atomic E-state index is -0.938. The minimum Gasteiger partial charge on any atom is -0.429 e. The van der Waals surface area contributed by atoms with Crippen LogP contribution < -0.4 is 0 Å². The Morgan fingerprint density at radius 2 is 1.63 bits per heavy atom. The van der Waals surface area contributed by atoms with Gasteiger partial charge in [0, 0.05) is 17.3 Å². The third kappa shape index (κ3) is 4.56. The predicted molar refractivity (Wildman–Crippen MR) is 116 cm³/mol. The molecule has 0 aliphatic carbocycles. The molecule has 0 spiro atoms. The van der Waals surface area contributed by atoms with Crippen LogP contribution in [0.25, 0.3) is 22.7 Å². The minimum absolute atomic E-state index is 0.326. The molecule has 0 radical (unpaired) electrons. The summed E-state index contributed by atoms with van der Waals surface area (Å²) in [6.07, 6.45) is 1.57. The summed E-state index contributed by atoms with van der Waals surface area (Å²) in [5, 5.41) is 12.0. The summed E-state index contributed by atoms with van der Waals surface area (Å²) in [5.74, 6) is 0.0562. The van der Waals surface area contributed by atoms with Gasteiger partial charge >= 0.3 is 0 Å². The lowest BCUT2D eigenvalue weighted by atomic mass is 9.97. The van der Waals surface area contributed by atoms with Crippen LogP contribution in [-0.4, -0.2) is 15.1 Å². The molecule has 2 aromatic heterocycles. The standard InChI is InChI=1S/C23H18ClFN2O2S/c1-23(2,28)16-7-3-14(4-8-16)20-22(30-19-12-9-17(24)13-26-19)29-21(27-20)15-5-10-18(25)11-6-15/h3-13,28H,1-2H3. The highest BCUT2D eigenvalue weighted by Crippen LogP contribution is 2.39. The molecule has 1 N–H and O–H groups in total. The van der Waals surface area contributed by atoms with Crippen molar-refractivity contribution in [2.24, 2.45) is 0 Å². The zero-order valence-corrected chi connectivity index (χ0v) is 17.8. The van der Waals surface area contributed by atoms with Gasteiger partial charge in [0.25, 0.3) is 0 Å². The quantitative estimate of drug-likeness (QED) is 0.380. The number of pyridine rings is 1. The third-order valence-electron chi connectivity index (χ3n) is 4.45. The number of oxazole rings is 1. The van der Waals surface area contributed by atoms with E-state index in [1.807, 2.05) is 24.3 Å². The highest BCUT2D eigenvalue weighted by atomic mass is 35.5. The van der Waals surface area contributed by atoms with E-state index in [-0.39, 0.29) is 5.82 Å². The molecule has 152 valence electrons. The molecule has 0 saturated heterocycles. The van der Waals surface area contributed by atoms with Crippen LogP contribution in [0.2, 0.25) is 5.02 Å². The molecule has 4 rings (SSSR count). The van der Waals surface area contributed by atoms with Crippen LogP contribution in [0.1, 0.15) is 19.4 Å². The van der Waals surface area contributed by atoms with E-state index in [4.69, 9.17) is 16.0 Å². The fraction of sp³-hybridized carbons (Fsp3) is 0.130. The van der Waals surface area contributed by atoms with Gasteiger partial charge in [-0.15, -0.1) is 0 Å². The molecule has 30 heavy (non-hydrogen) atoms. The summed E-state index contributed by atoms with van der Waals surface area (Å²) >= 11 is 7.26. The largest absolute Gasteiger partial charge is 0.429 e. The van der Waals surface area contributed by atoms with E-state index >= 15 is 0 Å². The van der Waals surface area contributed by atoms with Gasteiger partial charge in [0.1, 0.15) is 16.5 Å². The van der Waals surface area contributed by atoms with Gasteiger partial charge in [-0.1, -0.05) is 35.9 Å². The molecule has 2 aromatic carbocycles. The molecule has 7 heteroatoms. The summed E-state index contributed by atoms with van der Waals surface area (Å²) in [5.41, 5.74) is 1.99. The lowest BCUT2D eigenvalue weighted by Crippen LogP contribution is -2.14. The van der Waals surface area contributed by atoms with Crippen LogP contribution in [0, 0.1) is 5.82 Å². The Bertz CT molecular complexity index is 1150. The number of hydrogen-bond acceptors (Lipinski definition) is 5. The summed E-state index contributed by atoms with van der Waals surface area (Å²) in [6.45, 7) is 3.47. The Kier molecular flexibility index (Phi) is 5.64. The first kappa shape index (κ1) is 20.6.